The SMILES string of the molecule is CC1C=Nc2nc(NCC3=CC=C(C(C)(C)C)CC=C3)nn2C(C(=O)O)=C1. The van der Waals surface area contributed by atoms with Crippen molar-refractivity contribution in [3.05, 3.63) is 41.5 Å². The molecule has 0 saturated carbocycles. The van der Waals surface area contributed by atoms with Crippen LogP contribution in [0.3, 0.4) is 0 Å². The van der Waals surface area contributed by atoms with Gasteiger partial charge in [-0.1, -0.05) is 57.6 Å². The summed E-state index contributed by atoms with van der Waals surface area (Å²) in [7, 11) is 0. The molecule has 7 nitrogen and oxygen atoms in total. The van der Waals surface area contributed by atoms with E-state index in [0.29, 0.717) is 12.5 Å². The zero-order chi connectivity index (χ0) is 19.6. The number of aromatic nitrogens is 3. The van der Waals surface area contributed by atoms with Gasteiger partial charge in [-0.25, -0.2) is 9.79 Å². The zero-order valence-corrected chi connectivity index (χ0v) is 16.1. The van der Waals surface area contributed by atoms with Crippen molar-refractivity contribution in [2.45, 2.75) is 34.1 Å². The molecule has 3 rings (SSSR count). The first kappa shape index (κ1) is 18.8. The fraction of sp³-hybridized carbons (Fsp3) is 0.400. The van der Waals surface area contributed by atoms with Crippen molar-refractivity contribution in [2.24, 2.45) is 16.3 Å². The molecule has 1 aliphatic heterocycles. The summed E-state index contributed by atoms with van der Waals surface area (Å²) in [4.78, 5) is 20.1. The van der Waals surface area contributed by atoms with Crippen molar-refractivity contribution < 1.29 is 9.90 Å². The molecule has 0 saturated heterocycles. The Kier molecular flexibility index (Phi) is 5.12. The molecule has 0 spiro atoms. The summed E-state index contributed by atoms with van der Waals surface area (Å²) >= 11 is 0. The average Bonchev–Trinajstić information content (AvgIpc) is 2.74. The predicted molar refractivity (Wildman–Crippen MR) is 107 cm³/mol. The summed E-state index contributed by atoms with van der Waals surface area (Å²) in [6.07, 6.45) is 12.7. The number of allylic oxidation sites excluding steroid dienone is 5. The number of carboxylic acid groups (broad SMARTS) is 1. The molecule has 0 bridgehead atoms. The van der Waals surface area contributed by atoms with Crippen LogP contribution in [0.2, 0.25) is 0 Å². The van der Waals surface area contributed by atoms with Crippen molar-refractivity contribution in [3.8, 4) is 0 Å². The third kappa shape index (κ3) is 4.42. The normalized spacial score (nSPS) is 19.4. The highest BCUT2D eigenvalue weighted by Gasteiger charge is 2.21. The van der Waals surface area contributed by atoms with Gasteiger partial charge in [0.05, 0.1) is 0 Å². The van der Waals surface area contributed by atoms with E-state index in [1.54, 1.807) is 12.3 Å². The minimum Gasteiger partial charge on any atom is -0.477 e. The summed E-state index contributed by atoms with van der Waals surface area (Å²) in [5.74, 6) is -0.543. The molecule has 1 aliphatic carbocycles. The van der Waals surface area contributed by atoms with Crippen LogP contribution in [0.25, 0.3) is 5.70 Å². The molecule has 2 heterocycles. The van der Waals surface area contributed by atoms with Gasteiger partial charge in [0.1, 0.15) is 0 Å². The van der Waals surface area contributed by atoms with Crippen LogP contribution in [0.15, 0.2) is 46.5 Å². The Morgan fingerprint density at radius 3 is 2.85 bits per heavy atom. The van der Waals surface area contributed by atoms with Gasteiger partial charge in [0.2, 0.25) is 5.95 Å². The number of carbonyl (C=O) groups is 1. The van der Waals surface area contributed by atoms with Crippen LogP contribution in [0.4, 0.5) is 11.9 Å². The fourth-order valence-electron chi connectivity index (χ4n) is 2.86. The van der Waals surface area contributed by atoms with Gasteiger partial charge in [-0.3, -0.25) is 0 Å². The lowest BCUT2D eigenvalue weighted by molar-refractivity contribution is -0.130. The topological polar surface area (TPSA) is 92.4 Å². The smallest absolute Gasteiger partial charge is 0.354 e. The second kappa shape index (κ2) is 7.34. The molecule has 2 aliphatic rings. The molecule has 142 valence electrons. The van der Waals surface area contributed by atoms with E-state index in [2.05, 4.69) is 65.5 Å². The molecule has 1 aromatic heterocycles. The van der Waals surface area contributed by atoms with Crippen LogP contribution in [-0.2, 0) is 4.79 Å². The van der Waals surface area contributed by atoms with Gasteiger partial charge >= 0.3 is 5.97 Å². The van der Waals surface area contributed by atoms with E-state index in [-0.39, 0.29) is 23.0 Å². The second-order valence-corrected chi connectivity index (χ2v) is 7.79. The lowest BCUT2D eigenvalue weighted by Crippen LogP contribution is -2.11. The lowest BCUT2D eigenvalue weighted by atomic mass is 9.84. The van der Waals surface area contributed by atoms with E-state index >= 15 is 0 Å². The first-order valence-corrected chi connectivity index (χ1v) is 9.01. The molecule has 0 aromatic carbocycles. The van der Waals surface area contributed by atoms with Crippen LogP contribution in [0.5, 0.6) is 0 Å². The summed E-state index contributed by atoms with van der Waals surface area (Å²) in [6, 6.07) is 0. The number of rotatable bonds is 4. The lowest BCUT2D eigenvalue weighted by Gasteiger charge is -2.21. The van der Waals surface area contributed by atoms with E-state index in [9.17, 15) is 9.90 Å². The molecule has 1 unspecified atom stereocenters. The third-order valence-corrected chi connectivity index (χ3v) is 4.47. The number of carboxylic acids is 1. The molecule has 0 radical (unpaired) electrons. The Morgan fingerprint density at radius 2 is 2.15 bits per heavy atom. The number of nitrogens with zero attached hydrogens (tertiary/aromatic N) is 4. The van der Waals surface area contributed by atoms with Crippen LogP contribution < -0.4 is 5.32 Å². The number of fused-ring (bicyclic) bond motifs is 1. The molecule has 1 aromatic rings. The van der Waals surface area contributed by atoms with Crippen LogP contribution in [0.1, 0.15) is 34.1 Å². The number of nitrogens with one attached hydrogen (secondary N) is 1. The molecule has 0 amide bonds. The van der Waals surface area contributed by atoms with Crippen LogP contribution >= 0.6 is 0 Å². The van der Waals surface area contributed by atoms with Gasteiger partial charge in [-0.2, -0.15) is 9.67 Å². The van der Waals surface area contributed by atoms with Crippen LogP contribution in [0, 0.1) is 11.3 Å². The van der Waals surface area contributed by atoms with E-state index in [1.807, 2.05) is 6.92 Å². The Morgan fingerprint density at radius 1 is 1.37 bits per heavy atom. The largest absolute Gasteiger partial charge is 0.477 e. The van der Waals surface area contributed by atoms with Gasteiger partial charge in [0.15, 0.2) is 5.70 Å². The Hall–Kier alpha value is -2.96. The standard InChI is InChI=1S/C20H25N5O2/c1-13-10-16(17(26)27)25-19(22-11-13)23-18(24-25)21-12-14-6-5-7-15(9-8-14)20(2,3)4/h5-6,8-11,13H,7,12H2,1-4H3,(H,21,24)(H,26,27). The van der Waals surface area contributed by atoms with Crippen molar-refractivity contribution in [1.82, 2.24) is 14.8 Å². The first-order valence-electron chi connectivity index (χ1n) is 9.01. The van der Waals surface area contributed by atoms with E-state index in [0.717, 1.165) is 12.0 Å². The van der Waals surface area contributed by atoms with Gasteiger partial charge in [-0.05, 0) is 23.5 Å². The third-order valence-electron chi connectivity index (χ3n) is 4.47. The molecule has 0 fully saturated rings. The van der Waals surface area contributed by atoms with Gasteiger partial charge in [0.25, 0.3) is 5.95 Å². The summed E-state index contributed by atoms with van der Waals surface area (Å²) < 4.78 is 1.26. The summed E-state index contributed by atoms with van der Waals surface area (Å²) in [5.41, 5.74) is 2.68. The zero-order valence-electron chi connectivity index (χ0n) is 16.1. The van der Waals surface area contributed by atoms with Crippen molar-refractivity contribution >= 4 is 29.8 Å². The van der Waals surface area contributed by atoms with E-state index < -0.39 is 5.97 Å². The molecular formula is C20H25N5O2. The van der Waals surface area contributed by atoms with Crippen molar-refractivity contribution in [1.29, 1.82) is 0 Å². The fourth-order valence-corrected chi connectivity index (χ4v) is 2.86. The number of hydrogen-bond donors (Lipinski definition) is 2. The Labute approximate surface area is 158 Å². The maximum absolute atomic E-state index is 11.5. The number of anilines is 1. The van der Waals surface area contributed by atoms with E-state index in [4.69, 9.17) is 0 Å². The summed E-state index contributed by atoms with van der Waals surface area (Å²) in [5, 5.41) is 16.9. The Balaban J connectivity index is 1.77. The molecule has 27 heavy (non-hydrogen) atoms. The van der Waals surface area contributed by atoms with Gasteiger partial charge in [0, 0.05) is 18.7 Å². The quantitative estimate of drug-likeness (QED) is 0.844. The molecule has 2 N–H and O–H groups in total. The number of hydrogen-bond acceptors (Lipinski definition) is 5. The molecular weight excluding hydrogens is 342 g/mol. The average molecular weight is 367 g/mol. The van der Waals surface area contributed by atoms with Crippen molar-refractivity contribution in [2.75, 3.05) is 11.9 Å². The Bertz CT molecular complexity index is 894. The maximum Gasteiger partial charge on any atom is 0.354 e. The summed E-state index contributed by atoms with van der Waals surface area (Å²) in [6.45, 7) is 9.03. The number of aliphatic carboxylic acids is 1. The van der Waals surface area contributed by atoms with Gasteiger partial charge < -0.3 is 10.4 Å². The first-order chi connectivity index (χ1) is 12.7. The maximum atomic E-state index is 11.5. The molecule has 1 atom stereocenters. The second-order valence-electron chi connectivity index (χ2n) is 7.79. The molecule has 7 heteroatoms. The highest BCUT2D eigenvalue weighted by Crippen LogP contribution is 2.30. The highest BCUT2D eigenvalue weighted by atomic mass is 16.4. The van der Waals surface area contributed by atoms with E-state index in [1.165, 1.54) is 10.3 Å². The van der Waals surface area contributed by atoms with Crippen LogP contribution in [-0.4, -0.2) is 38.6 Å². The highest BCUT2D eigenvalue weighted by molar-refractivity contribution is 6.09. The monoisotopic (exact) mass is 367 g/mol. The minimum absolute atomic E-state index is 0.0573. The number of aliphatic imine (C=N–C) groups is 1. The predicted octanol–water partition coefficient (Wildman–Crippen LogP) is 3.83. The van der Waals surface area contributed by atoms with Gasteiger partial charge in [-0.15, -0.1) is 5.10 Å². The van der Waals surface area contributed by atoms with Crippen molar-refractivity contribution in [3.63, 3.8) is 0 Å². The minimum atomic E-state index is -1.06.